The summed E-state index contributed by atoms with van der Waals surface area (Å²) in [6.07, 6.45) is 8.97. The van der Waals surface area contributed by atoms with Crippen molar-refractivity contribution >= 4 is 17.0 Å². The van der Waals surface area contributed by atoms with Gasteiger partial charge in [0.2, 0.25) is 0 Å². The Kier molecular flexibility index (Phi) is 6.88. The summed E-state index contributed by atoms with van der Waals surface area (Å²) in [5, 5.41) is 8.52. The zero-order chi connectivity index (χ0) is 25.3. The number of nitrogens with one attached hydrogen (secondary N) is 1. The minimum atomic E-state index is -0.516. The van der Waals surface area contributed by atoms with Gasteiger partial charge in [0.1, 0.15) is 11.4 Å². The monoisotopic (exact) mass is 492 g/mol. The van der Waals surface area contributed by atoms with E-state index in [1.54, 1.807) is 0 Å². The lowest BCUT2D eigenvalue weighted by atomic mass is 10.0. The Morgan fingerprint density at radius 1 is 1.17 bits per heavy atom. The van der Waals surface area contributed by atoms with Gasteiger partial charge in [0.15, 0.2) is 6.23 Å². The van der Waals surface area contributed by atoms with Crippen LogP contribution in [0.5, 0.6) is 5.75 Å². The van der Waals surface area contributed by atoms with Crippen LogP contribution in [0.1, 0.15) is 77.5 Å². The molecule has 36 heavy (non-hydrogen) atoms. The summed E-state index contributed by atoms with van der Waals surface area (Å²) in [5.41, 5.74) is 3.37. The first-order chi connectivity index (χ1) is 17.3. The van der Waals surface area contributed by atoms with E-state index in [4.69, 9.17) is 19.2 Å². The summed E-state index contributed by atoms with van der Waals surface area (Å²) in [4.78, 5) is 16.8. The van der Waals surface area contributed by atoms with Crippen molar-refractivity contribution in [1.82, 2.24) is 20.1 Å². The molecule has 1 N–H and O–H groups in total. The fourth-order valence-corrected chi connectivity index (χ4v) is 4.45. The molecule has 1 saturated carbocycles. The highest BCUT2D eigenvalue weighted by atomic mass is 16.6. The molecule has 0 bridgehead atoms. The van der Waals surface area contributed by atoms with Crippen molar-refractivity contribution in [2.75, 3.05) is 13.2 Å². The summed E-state index contributed by atoms with van der Waals surface area (Å²) in [6, 6.07) is 8.26. The van der Waals surface area contributed by atoms with Crippen molar-refractivity contribution < 1.29 is 19.0 Å². The molecule has 8 nitrogen and oxygen atoms in total. The van der Waals surface area contributed by atoms with Gasteiger partial charge in [0.25, 0.3) is 0 Å². The Labute approximate surface area is 212 Å². The lowest BCUT2D eigenvalue weighted by molar-refractivity contribution is -0.0366. The molecule has 2 fully saturated rings. The van der Waals surface area contributed by atoms with Gasteiger partial charge in [0, 0.05) is 30.8 Å². The Bertz CT molecular complexity index is 1200. The standard InChI is InChI=1S/C28H36N4O4/c1-18(15-30-27(33)36-28(2,3)4)19-8-12-23(29-16-19)21-11-13-24-22(26(21)35-20-9-10-20)17-31-32(24)25-7-5-6-14-34-25/h8,11-13,16-18,20,25H,5-7,9-10,14-15H2,1-4H3,(H,30,33). The third-order valence-electron chi connectivity index (χ3n) is 6.55. The third-order valence-corrected chi connectivity index (χ3v) is 6.55. The van der Waals surface area contributed by atoms with Crippen LogP contribution in [0.25, 0.3) is 22.2 Å². The lowest BCUT2D eigenvalue weighted by Gasteiger charge is -2.23. The van der Waals surface area contributed by atoms with Crippen LogP contribution < -0.4 is 10.1 Å². The van der Waals surface area contributed by atoms with Crippen molar-refractivity contribution in [1.29, 1.82) is 0 Å². The van der Waals surface area contributed by atoms with Gasteiger partial charge in [-0.3, -0.25) is 4.98 Å². The predicted octanol–water partition coefficient (Wildman–Crippen LogP) is 5.97. The number of rotatable bonds is 7. The number of hydrogen-bond donors (Lipinski definition) is 1. The molecule has 3 heterocycles. The molecule has 1 aliphatic carbocycles. The zero-order valence-corrected chi connectivity index (χ0v) is 21.6. The molecule has 2 unspecified atom stereocenters. The molecule has 1 saturated heterocycles. The molecule has 2 aliphatic rings. The van der Waals surface area contributed by atoms with Crippen molar-refractivity contribution in [2.45, 2.75) is 83.6 Å². The number of carbonyl (C=O) groups is 1. The van der Waals surface area contributed by atoms with Crippen LogP contribution in [-0.4, -0.2) is 45.7 Å². The maximum absolute atomic E-state index is 12.0. The molecule has 8 heteroatoms. The van der Waals surface area contributed by atoms with Gasteiger partial charge in [-0.25, -0.2) is 9.48 Å². The van der Waals surface area contributed by atoms with Crippen LogP contribution in [0.4, 0.5) is 4.79 Å². The topological polar surface area (TPSA) is 87.5 Å². The highest BCUT2D eigenvalue weighted by molar-refractivity contribution is 5.92. The van der Waals surface area contributed by atoms with E-state index in [1.807, 2.05) is 43.9 Å². The highest BCUT2D eigenvalue weighted by Gasteiger charge is 2.28. The summed E-state index contributed by atoms with van der Waals surface area (Å²) in [5.74, 6) is 0.939. The van der Waals surface area contributed by atoms with Crippen LogP contribution in [0.3, 0.4) is 0 Å². The van der Waals surface area contributed by atoms with E-state index < -0.39 is 11.7 Å². The number of carbonyl (C=O) groups excluding carboxylic acids is 1. The first-order valence-electron chi connectivity index (χ1n) is 13.0. The zero-order valence-electron chi connectivity index (χ0n) is 21.6. The van der Waals surface area contributed by atoms with Crippen molar-refractivity contribution in [2.24, 2.45) is 0 Å². The number of aromatic nitrogens is 3. The molecular weight excluding hydrogens is 456 g/mol. The molecule has 2 aromatic heterocycles. The van der Waals surface area contributed by atoms with E-state index in [0.29, 0.717) is 6.54 Å². The van der Waals surface area contributed by atoms with Crippen LogP contribution in [0, 0.1) is 0 Å². The van der Waals surface area contributed by atoms with Gasteiger partial charge in [-0.15, -0.1) is 0 Å². The van der Waals surface area contributed by atoms with Crippen LogP contribution >= 0.6 is 0 Å². The fraction of sp³-hybridized carbons (Fsp3) is 0.536. The van der Waals surface area contributed by atoms with E-state index in [0.717, 1.165) is 72.2 Å². The molecule has 2 atom stereocenters. The van der Waals surface area contributed by atoms with Crippen molar-refractivity contribution in [3.8, 4) is 17.0 Å². The van der Waals surface area contributed by atoms with E-state index in [9.17, 15) is 4.79 Å². The molecule has 0 radical (unpaired) electrons. The Hall–Kier alpha value is -3.13. The second kappa shape index (κ2) is 10.1. The smallest absolute Gasteiger partial charge is 0.407 e. The number of nitrogens with zero attached hydrogens (tertiary/aromatic N) is 3. The summed E-state index contributed by atoms with van der Waals surface area (Å²) in [7, 11) is 0. The van der Waals surface area contributed by atoms with Crippen LogP contribution in [0.15, 0.2) is 36.7 Å². The molecule has 1 amide bonds. The molecule has 192 valence electrons. The maximum atomic E-state index is 12.0. The Balaban J connectivity index is 1.36. The van der Waals surface area contributed by atoms with E-state index in [-0.39, 0.29) is 18.2 Å². The van der Waals surface area contributed by atoms with E-state index >= 15 is 0 Å². The largest absolute Gasteiger partial charge is 0.489 e. The average molecular weight is 493 g/mol. The van der Waals surface area contributed by atoms with Gasteiger partial charge in [-0.1, -0.05) is 13.0 Å². The number of alkyl carbamates (subject to hydrolysis) is 1. The number of hydrogen-bond acceptors (Lipinski definition) is 6. The minimum absolute atomic E-state index is 0.0240. The second-order valence-electron chi connectivity index (χ2n) is 10.9. The summed E-state index contributed by atoms with van der Waals surface area (Å²) in [6.45, 7) is 8.87. The minimum Gasteiger partial charge on any atom is -0.489 e. The average Bonchev–Trinajstić information content (AvgIpc) is 3.57. The molecule has 5 rings (SSSR count). The highest BCUT2D eigenvalue weighted by Crippen LogP contribution is 2.41. The predicted molar refractivity (Wildman–Crippen MR) is 138 cm³/mol. The number of amides is 1. The van der Waals surface area contributed by atoms with Crippen LogP contribution in [-0.2, 0) is 9.47 Å². The summed E-state index contributed by atoms with van der Waals surface area (Å²) < 4.78 is 19.7. The normalized spacial score (nSPS) is 19.2. The van der Waals surface area contributed by atoms with Crippen molar-refractivity contribution in [3.63, 3.8) is 0 Å². The number of pyridine rings is 1. The van der Waals surface area contributed by atoms with Crippen molar-refractivity contribution in [3.05, 3.63) is 42.2 Å². The third kappa shape index (κ3) is 5.64. The summed E-state index contributed by atoms with van der Waals surface area (Å²) >= 11 is 0. The van der Waals surface area contributed by atoms with Crippen LogP contribution in [0.2, 0.25) is 0 Å². The number of benzene rings is 1. The molecule has 1 aliphatic heterocycles. The van der Waals surface area contributed by atoms with E-state index in [1.165, 1.54) is 0 Å². The Morgan fingerprint density at radius 2 is 2.00 bits per heavy atom. The Morgan fingerprint density at radius 3 is 2.67 bits per heavy atom. The van der Waals surface area contributed by atoms with Gasteiger partial charge in [-0.05, 0) is 76.6 Å². The SMILES string of the molecule is CC(CNC(=O)OC(C)(C)C)c1ccc(-c2ccc3c(cnn3C3CCCCO3)c2OC2CC2)nc1. The second-order valence-corrected chi connectivity index (χ2v) is 10.9. The lowest BCUT2D eigenvalue weighted by Crippen LogP contribution is -2.34. The first-order valence-corrected chi connectivity index (χ1v) is 13.0. The number of ether oxygens (including phenoxy) is 3. The molecular formula is C28H36N4O4. The fourth-order valence-electron chi connectivity index (χ4n) is 4.45. The maximum Gasteiger partial charge on any atom is 0.407 e. The van der Waals surface area contributed by atoms with Gasteiger partial charge in [0.05, 0.1) is 28.9 Å². The first kappa shape index (κ1) is 24.6. The van der Waals surface area contributed by atoms with Gasteiger partial charge >= 0.3 is 6.09 Å². The molecule has 0 spiro atoms. The molecule has 1 aromatic carbocycles. The quantitative estimate of drug-likeness (QED) is 0.437. The van der Waals surface area contributed by atoms with E-state index in [2.05, 4.69) is 35.5 Å². The molecule has 3 aromatic rings. The van der Waals surface area contributed by atoms with Gasteiger partial charge < -0.3 is 19.5 Å². The van der Waals surface area contributed by atoms with Gasteiger partial charge in [-0.2, -0.15) is 5.10 Å². The number of fused-ring (bicyclic) bond motifs is 1.